The van der Waals surface area contributed by atoms with E-state index in [-0.39, 0.29) is 6.61 Å². The molecule has 1 aromatic carbocycles. The van der Waals surface area contributed by atoms with Gasteiger partial charge in [0.05, 0.1) is 38.0 Å². The van der Waals surface area contributed by atoms with E-state index in [1.54, 1.807) is 20.2 Å². The van der Waals surface area contributed by atoms with Crippen molar-refractivity contribution in [1.82, 2.24) is 19.8 Å². The van der Waals surface area contributed by atoms with Crippen LogP contribution in [0.4, 0.5) is 5.95 Å². The van der Waals surface area contributed by atoms with Gasteiger partial charge in [-0.2, -0.15) is 0 Å². The molecule has 9 heteroatoms. The highest BCUT2D eigenvalue weighted by Crippen LogP contribution is 2.19. The minimum absolute atomic E-state index is 0.0590. The predicted molar refractivity (Wildman–Crippen MR) is 131 cm³/mol. The summed E-state index contributed by atoms with van der Waals surface area (Å²) in [6.07, 6.45) is 4.20. The van der Waals surface area contributed by atoms with Gasteiger partial charge >= 0.3 is 0 Å². The molecular weight excluding hydrogens is 408 g/mol. The van der Waals surface area contributed by atoms with Crippen molar-refractivity contribution in [3.63, 3.8) is 0 Å². The Balaban J connectivity index is 0.000000432. The molecule has 1 aromatic heterocycles. The lowest BCUT2D eigenvalue weighted by atomic mass is 10.2. The summed E-state index contributed by atoms with van der Waals surface area (Å²) < 4.78 is 11.9. The molecule has 0 atom stereocenters. The number of fused-ring (bicyclic) bond motifs is 1. The smallest absolute Gasteiger partial charge is 0.203 e. The van der Waals surface area contributed by atoms with Crippen LogP contribution in [0.15, 0.2) is 42.9 Å². The second-order valence-corrected chi connectivity index (χ2v) is 7.30. The maximum absolute atomic E-state index is 9.23. The van der Waals surface area contributed by atoms with Crippen molar-refractivity contribution >= 4 is 17.0 Å². The van der Waals surface area contributed by atoms with E-state index in [0.29, 0.717) is 5.70 Å². The first-order valence-corrected chi connectivity index (χ1v) is 10.8. The number of nitrogens with one attached hydrogen (secondary N) is 2. The van der Waals surface area contributed by atoms with E-state index in [0.717, 1.165) is 68.4 Å². The van der Waals surface area contributed by atoms with Gasteiger partial charge in [0, 0.05) is 39.4 Å². The van der Waals surface area contributed by atoms with Gasteiger partial charge in [-0.25, -0.2) is 4.98 Å². The number of aryl methyl sites for hydroxylation is 1. The van der Waals surface area contributed by atoms with Gasteiger partial charge in [0.25, 0.3) is 0 Å². The number of nitrogens with two attached hydrogens (primary N) is 1. The van der Waals surface area contributed by atoms with Crippen molar-refractivity contribution in [2.45, 2.75) is 20.0 Å². The molecule has 0 amide bonds. The second-order valence-electron chi connectivity index (χ2n) is 7.30. The van der Waals surface area contributed by atoms with Gasteiger partial charge in [0.2, 0.25) is 5.95 Å². The third kappa shape index (κ3) is 10.0. The molecule has 180 valence electrons. The lowest BCUT2D eigenvalue weighted by Gasteiger charge is -2.26. The summed E-state index contributed by atoms with van der Waals surface area (Å²) in [5, 5.41) is 15.3. The molecule has 1 saturated heterocycles. The zero-order valence-electron chi connectivity index (χ0n) is 19.9. The van der Waals surface area contributed by atoms with Crippen LogP contribution in [0.2, 0.25) is 0 Å². The molecule has 1 aliphatic rings. The van der Waals surface area contributed by atoms with Gasteiger partial charge in [-0.15, -0.1) is 0 Å². The van der Waals surface area contributed by atoms with Crippen LogP contribution < -0.4 is 16.4 Å². The number of nitrogens with zero attached hydrogens (tertiary/aromatic N) is 3. The molecule has 0 aliphatic carbocycles. The molecule has 1 fully saturated rings. The molecule has 1 aliphatic heterocycles. The molecular formula is C23H40N6O3. The van der Waals surface area contributed by atoms with Gasteiger partial charge in [0.15, 0.2) is 0 Å². The highest BCUT2D eigenvalue weighted by molar-refractivity contribution is 5.79. The first-order chi connectivity index (χ1) is 15.5. The van der Waals surface area contributed by atoms with E-state index >= 15 is 0 Å². The molecule has 0 bridgehead atoms. The number of hydrogen-bond donors (Lipinski definition) is 4. The number of ether oxygens (including phenoxy) is 2. The number of morpholine rings is 1. The Kier molecular flexibility index (Phi) is 13.6. The number of imidazole rings is 1. The normalized spacial score (nSPS) is 14.0. The average molecular weight is 449 g/mol. The second kappa shape index (κ2) is 16.0. The van der Waals surface area contributed by atoms with Gasteiger partial charge in [-0.1, -0.05) is 12.6 Å². The van der Waals surface area contributed by atoms with Gasteiger partial charge in [-0.05, 0) is 43.8 Å². The fourth-order valence-corrected chi connectivity index (χ4v) is 3.01. The Labute approximate surface area is 191 Å². The van der Waals surface area contributed by atoms with Crippen molar-refractivity contribution in [2.24, 2.45) is 12.8 Å². The average Bonchev–Trinajstić information content (AvgIpc) is 3.12. The van der Waals surface area contributed by atoms with E-state index < -0.39 is 0 Å². The lowest BCUT2D eigenvalue weighted by Crippen LogP contribution is -2.37. The fourth-order valence-electron chi connectivity index (χ4n) is 3.01. The number of aliphatic hydroxyl groups excluding tert-OH is 1. The number of methoxy groups -OCH3 is 1. The Hall–Kier alpha value is -2.75. The molecule has 0 spiro atoms. The summed E-state index contributed by atoms with van der Waals surface area (Å²) >= 11 is 0. The van der Waals surface area contributed by atoms with Crippen molar-refractivity contribution in [3.8, 4) is 0 Å². The lowest BCUT2D eigenvalue weighted by molar-refractivity contribution is 0.0378. The number of benzene rings is 1. The fraction of sp³-hybridized carbons (Fsp3) is 0.522. The third-order valence-corrected chi connectivity index (χ3v) is 4.67. The first-order valence-electron chi connectivity index (χ1n) is 10.8. The van der Waals surface area contributed by atoms with E-state index in [9.17, 15) is 5.11 Å². The summed E-state index contributed by atoms with van der Waals surface area (Å²) in [5.41, 5.74) is 8.74. The Bertz CT molecular complexity index is 811. The molecule has 0 radical (unpaired) electrons. The molecule has 32 heavy (non-hydrogen) atoms. The molecule has 5 N–H and O–H groups in total. The van der Waals surface area contributed by atoms with Crippen LogP contribution >= 0.6 is 0 Å². The van der Waals surface area contributed by atoms with Crippen LogP contribution in [0.3, 0.4) is 0 Å². The highest BCUT2D eigenvalue weighted by Gasteiger charge is 2.10. The number of allylic oxidation sites excluding steroid dienone is 1. The largest absolute Gasteiger partial charge is 0.503 e. The minimum Gasteiger partial charge on any atom is -0.503 e. The number of rotatable bonds is 8. The standard InChI is InChI=1S/C16H24N4O2.C4H9NO.C3H7N/c1-19-15-11-13(12-21)3-4-14(15)18-16(19)17-5-2-6-20-7-9-22-10-8-20;1-4(5)3-6-2;1-3-4-2/h3-4,11,21H,2,5-10,12H2,1H3,(H,17,18);3H,5H2,1-2H3;3-4H,1H2,2H3/b;4-3+;. The summed E-state index contributed by atoms with van der Waals surface area (Å²) in [6, 6.07) is 5.86. The first kappa shape index (κ1) is 27.3. The number of aromatic nitrogens is 2. The van der Waals surface area contributed by atoms with Crippen molar-refractivity contribution < 1.29 is 14.6 Å². The van der Waals surface area contributed by atoms with E-state index in [1.807, 2.05) is 36.9 Å². The zero-order chi connectivity index (χ0) is 23.8. The van der Waals surface area contributed by atoms with Crippen LogP contribution in [-0.4, -0.2) is 73.1 Å². The topological polar surface area (TPSA) is 110 Å². The summed E-state index contributed by atoms with van der Waals surface area (Å²) in [4.78, 5) is 7.05. The van der Waals surface area contributed by atoms with E-state index in [4.69, 9.17) is 10.5 Å². The molecule has 3 rings (SSSR count). The summed E-state index contributed by atoms with van der Waals surface area (Å²) in [5.74, 6) is 0.882. The van der Waals surface area contributed by atoms with Gasteiger partial charge in [-0.3, -0.25) is 4.90 Å². The zero-order valence-corrected chi connectivity index (χ0v) is 19.9. The van der Waals surface area contributed by atoms with Crippen LogP contribution in [0.5, 0.6) is 0 Å². The number of hydrogen-bond acceptors (Lipinski definition) is 8. The van der Waals surface area contributed by atoms with Crippen LogP contribution in [0.25, 0.3) is 11.0 Å². The van der Waals surface area contributed by atoms with Crippen LogP contribution in [-0.2, 0) is 23.1 Å². The number of aliphatic hydroxyl groups is 1. The Morgan fingerprint density at radius 2 is 2.06 bits per heavy atom. The van der Waals surface area contributed by atoms with Crippen molar-refractivity contribution in [1.29, 1.82) is 0 Å². The van der Waals surface area contributed by atoms with Gasteiger partial charge in [0.1, 0.15) is 6.26 Å². The van der Waals surface area contributed by atoms with E-state index in [2.05, 4.69) is 31.8 Å². The minimum atomic E-state index is 0.0590. The predicted octanol–water partition coefficient (Wildman–Crippen LogP) is 2.00. The quantitative estimate of drug-likeness (QED) is 0.359. The SMILES string of the molecule is C=CNC.CO/C=C(\C)N.Cn1c(NCCCN2CCOCC2)nc2ccc(CO)cc21. The molecule has 0 saturated carbocycles. The maximum Gasteiger partial charge on any atom is 0.203 e. The third-order valence-electron chi connectivity index (χ3n) is 4.67. The summed E-state index contributed by atoms with van der Waals surface area (Å²) in [7, 11) is 5.38. The van der Waals surface area contributed by atoms with Crippen molar-refractivity contribution in [3.05, 3.63) is 48.5 Å². The molecule has 0 unspecified atom stereocenters. The maximum atomic E-state index is 9.23. The van der Waals surface area contributed by atoms with E-state index in [1.165, 1.54) is 6.26 Å². The van der Waals surface area contributed by atoms with Crippen LogP contribution in [0, 0.1) is 0 Å². The molecule has 2 aromatic rings. The summed E-state index contributed by atoms with van der Waals surface area (Å²) in [6.45, 7) is 11.0. The van der Waals surface area contributed by atoms with Crippen molar-refractivity contribution in [2.75, 3.05) is 58.9 Å². The molecule has 9 nitrogen and oxygen atoms in total. The van der Waals surface area contributed by atoms with Crippen LogP contribution in [0.1, 0.15) is 18.9 Å². The monoisotopic (exact) mass is 448 g/mol. The Morgan fingerprint density at radius 3 is 2.59 bits per heavy atom. The molecule has 2 heterocycles. The number of anilines is 1. The Morgan fingerprint density at radius 1 is 1.38 bits per heavy atom. The highest BCUT2D eigenvalue weighted by atomic mass is 16.5. The van der Waals surface area contributed by atoms with Gasteiger partial charge < -0.3 is 35.5 Å².